The molecular weight excluding hydrogens is 288 g/mol. The summed E-state index contributed by atoms with van der Waals surface area (Å²) in [6, 6.07) is 0. The van der Waals surface area contributed by atoms with E-state index < -0.39 is 10.0 Å². The quantitative estimate of drug-likeness (QED) is 0.634. The Morgan fingerprint density at radius 3 is 2.27 bits per heavy atom. The number of ketones is 1. The van der Waals surface area contributed by atoms with Crippen molar-refractivity contribution in [3.8, 4) is 0 Å². The molecule has 1 heterocycles. The van der Waals surface area contributed by atoms with Crippen LogP contribution in [-0.2, 0) is 4.79 Å². The third-order valence-corrected chi connectivity index (χ3v) is 9.43. The number of hydrogen-bond acceptors (Lipinski definition) is 1. The fourth-order valence-corrected chi connectivity index (χ4v) is 7.55. The van der Waals surface area contributed by atoms with Crippen molar-refractivity contribution in [1.82, 2.24) is 0 Å². The molecular formula is C20H32OS. The number of allylic oxidation sites excluding steroid dienone is 4. The Labute approximate surface area is 137 Å². The van der Waals surface area contributed by atoms with Crippen molar-refractivity contribution in [1.29, 1.82) is 0 Å². The Kier molecular flexibility index (Phi) is 5.49. The van der Waals surface area contributed by atoms with Crippen molar-refractivity contribution in [2.75, 3.05) is 23.5 Å². The van der Waals surface area contributed by atoms with Gasteiger partial charge in [0.2, 0.25) is 0 Å². The second-order valence-electron chi connectivity index (χ2n) is 7.78. The maximum atomic E-state index is 12.6. The van der Waals surface area contributed by atoms with Crippen LogP contribution in [0.25, 0.3) is 0 Å². The summed E-state index contributed by atoms with van der Waals surface area (Å²) in [5.41, 5.74) is 2.76. The summed E-state index contributed by atoms with van der Waals surface area (Å²) in [6.07, 6.45) is 20.2. The van der Waals surface area contributed by atoms with Gasteiger partial charge in [-0.2, -0.15) is 0 Å². The van der Waals surface area contributed by atoms with E-state index in [0.717, 1.165) is 30.1 Å². The molecule has 1 aliphatic heterocycles. The van der Waals surface area contributed by atoms with Crippen molar-refractivity contribution in [2.24, 2.45) is 5.92 Å². The average Bonchev–Trinajstić information content (AvgIpc) is 2.78. The number of rotatable bonds is 4. The highest BCUT2D eigenvalue weighted by molar-refractivity contribution is 8.33. The number of Topliss-reactive ketones (excluding diaryl/α,β-unsaturated/α-hetero) is 1. The monoisotopic (exact) mass is 320 g/mol. The number of hydrogen-bond donors (Lipinski definition) is 0. The van der Waals surface area contributed by atoms with E-state index in [2.05, 4.69) is 18.4 Å². The first kappa shape index (κ1) is 16.4. The lowest BCUT2D eigenvalue weighted by atomic mass is 9.84. The van der Waals surface area contributed by atoms with Crippen LogP contribution in [0, 0.1) is 5.92 Å². The minimum absolute atomic E-state index is 0.468. The first-order valence-corrected chi connectivity index (χ1v) is 11.9. The Bertz CT molecular complexity index is 460. The van der Waals surface area contributed by atoms with Gasteiger partial charge in [-0.25, -0.2) is 10.0 Å². The van der Waals surface area contributed by atoms with Crippen LogP contribution in [0.1, 0.15) is 64.2 Å². The van der Waals surface area contributed by atoms with Crippen LogP contribution in [0.2, 0.25) is 0 Å². The van der Waals surface area contributed by atoms with Crippen molar-refractivity contribution in [3.05, 3.63) is 23.3 Å². The van der Waals surface area contributed by atoms with E-state index in [0.29, 0.717) is 5.78 Å². The summed E-state index contributed by atoms with van der Waals surface area (Å²) >= 11 is 0. The van der Waals surface area contributed by atoms with Gasteiger partial charge in [-0.15, -0.1) is 0 Å². The molecule has 2 aliphatic carbocycles. The highest BCUT2D eigenvalue weighted by Gasteiger charge is 2.28. The summed E-state index contributed by atoms with van der Waals surface area (Å²) in [4.78, 5) is 12.6. The predicted molar refractivity (Wildman–Crippen MR) is 98.9 cm³/mol. The molecule has 1 saturated heterocycles. The maximum Gasteiger partial charge on any atom is 0.167 e. The molecule has 0 amide bonds. The topological polar surface area (TPSA) is 17.1 Å². The summed E-state index contributed by atoms with van der Waals surface area (Å²) in [5, 5.41) is 0. The van der Waals surface area contributed by atoms with Crippen molar-refractivity contribution in [3.63, 3.8) is 0 Å². The molecule has 0 bridgehead atoms. The first-order chi connectivity index (χ1) is 10.7. The number of carbonyl (C=O) groups excluding carboxylic acids is 1. The van der Waals surface area contributed by atoms with Crippen molar-refractivity contribution >= 4 is 15.8 Å². The zero-order valence-corrected chi connectivity index (χ0v) is 15.1. The van der Waals surface area contributed by atoms with E-state index in [4.69, 9.17) is 0 Å². The fraction of sp³-hybridized carbons (Fsp3) is 0.750. The highest BCUT2D eigenvalue weighted by Crippen LogP contribution is 2.50. The lowest BCUT2D eigenvalue weighted by Gasteiger charge is -2.30. The number of carbonyl (C=O) groups is 1. The van der Waals surface area contributed by atoms with Gasteiger partial charge in [0.25, 0.3) is 0 Å². The molecule has 0 aromatic heterocycles. The van der Waals surface area contributed by atoms with E-state index in [1.54, 1.807) is 5.57 Å². The van der Waals surface area contributed by atoms with Gasteiger partial charge in [0.15, 0.2) is 5.78 Å². The highest BCUT2D eigenvalue weighted by atomic mass is 32.3. The molecule has 0 spiro atoms. The molecule has 0 aromatic rings. The molecule has 0 radical (unpaired) electrons. The third-order valence-electron chi connectivity index (χ3n) is 5.92. The Balaban J connectivity index is 1.60. The Morgan fingerprint density at radius 2 is 1.68 bits per heavy atom. The zero-order valence-electron chi connectivity index (χ0n) is 14.2. The summed E-state index contributed by atoms with van der Waals surface area (Å²) in [5.74, 6) is 4.81. The van der Waals surface area contributed by atoms with Gasteiger partial charge in [0.05, 0.1) is 0 Å². The molecule has 3 rings (SSSR count). The minimum atomic E-state index is -0.602. The molecule has 22 heavy (non-hydrogen) atoms. The van der Waals surface area contributed by atoms with Crippen LogP contribution >= 0.6 is 10.0 Å². The maximum absolute atomic E-state index is 12.6. The second-order valence-corrected chi connectivity index (χ2v) is 11.8. The largest absolute Gasteiger partial charge is 0.294 e. The Morgan fingerprint density at radius 1 is 1.00 bits per heavy atom. The van der Waals surface area contributed by atoms with E-state index in [1.165, 1.54) is 62.9 Å². The molecule has 3 aliphatic rings. The molecule has 0 N–H and O–H groups in total. The molecule has 0 aromatic carbocycles. The van der Waals surface area contributed by atoms with E-state index >= 15 is 0 Å². The summed E-state index contributed by atoms with van der Waals surface area (Å²) in [6.45, 7) is 0. The van der Waals surface area contributed by atoms with E-state index in [1.807, 2.05) is 0 Å². The van der Waals surface area contributed by atoms with Crippen LogP contribution < -0.4 is 0 Å². The van der Waals surface area contributed by atoms with Gasteiger partial charge in [0.1, 0.15) is 0 Å². The molecule has 1 nitrogen and oxygen atoms in total. The lowest BCUT2D eigenvalue weighted by Crippen LogP contribution is -2.18. The van der Waals surface area contributed by atoms with Crippen LogP contribution in [0.5, 0.6) is 0 Å². The molecule has 0 atom stereocenters. The second kappa shape index (κ2) is 7.38. The van der Waals surface area contributed by atoms with E-state index in [9.17, 15) is 4.79 Å². The van der Waals surface area contributed by atoms with Gasteiger partial charge in [0, 0.05) is 5.75 Å². The minimum Gasteiger partial charge on any atom is -0.294 e. The van der Waals surface area contributed by atoms with Crippen molar-refractivity contribution < 1.29 is 4.79 Å². The molecule has 2 heteroatoms. The summed E-state index contributed by atoms with van der Waals surface area (Å²) in [7, 11) is -0.602. The lowest BCUT2D eigenvalue weighted by molar-refractivity contribution is -0.113. The smallest absolute Gasteiger partial charge is 0.167 e. The Hall–Kier alpha value is -0.500. The average molecular weight is 321 g/mol. The van der Waals surface area contributed by atoms with Gasteiger partial charge < -0.3 is 0 Å². The fourth-order valence-electron chi connectivity index (χ4n) is 4.43. The molecule has 124 valence electrons. The van der Waals surface area contributed by atoms with Gasteiger partial charge >= 0.3 is 0 Å². The van der Waals surface area contributed by atoms with Gasteiger partial charge in [-0.1, -0.05) is 43.4 Å². The SMILES string of the molecule is CS1(CC(=O)C2=CC=C(C3CCCCCC3)CC2)CCCC1. The van der Waals surface area contributed by atoms with Crippen LogP contribution in [0.15, 0.2) is 23.3 Å². The predicted octanol–water partition coefficient (Wildman–Crippen LogP) is 5.40. The first-order valence-electron chi connectivity index (χ1n) is 9.30. The van der Waals surface area contributed by atoms with E-state index in [-0.39, 0.29) is 0 Å². The zero-order chi connectivity index (χ0) is 15.4. The van der Waals surface area contributed by atoms with Crippen LogP contribution in [-0.4, -0.2) is 29.3 Å². The standard InChI is InChI=1S/C20H32OS/c1-22(14-6-7-15-22)16-20(21)19-12-10-18(11-13-19)17-8-4-2-3-5-9-17/h10,12,17H,2-9,11,13-16H2,1H3. The normalized spacial score (nSPS) is 27.7. The van der Waals surface area contributed by atoms with Gasteiger partial charge in [-0.3, -0.25) is 4.79 Å². The molecule has 1 saturated carbocycles. The van der Waals surface area contributed by atoms with Crippen molar-refractivity contribution in [2.45, 2.75) is 64.2 Å². The summed E-state index contributed by atoms with van der Waals surface area (Å²) < 4.78 is 0. The molecule has 2 fully saturated rings. The van der Waals surface area contributed by atoms with Crippen LogP contribution in [0.4, 0.5) is 0 Å². The van der Waals surface area contributed by atoms with Gasteiger partial charge in [-0.05, 0) is 67.8 Å². The molecule has 0 unspecified atom stereocenters. The third kappa shape index (κ3) is 4.07. The van der Waals surface area contributed by atoms with Crippen LogP contribution in [0.3, 0.4) is 0 Å².